The largest absolute Gasteiger partial charge is 0.144 e. The van der Waals surface area contributed by atoms with Crippen LogP contribution in [-0.2, 0) is 4.75 Å². The molecule has 0 bridgehead atoms. The summed E-state index contributed by atoms with van der Waals surface area (Å²) in [4.78, 5) is 0. The normalized spacial score (nSPS) is 12.0. The summed E-state index contributed by atoms with van der Waals surface area (Å²) in [5.74, 6) is 0. The smallest absolute Gasteiger partial charge is 0.0903 e. The molecule has 0 amide bonds. The van der Waals surface area contributed by atoms with Crippen LogP contribution in [0.25, 0.3) is 0 Å². The van der Waals surface area contributed by atoms with E-state index in [2.05, 4.69) is 67.9 Å². The molecule has 0 aliphatic rings. The van der Waals surface area contributed by atoms with Crippen LogP contribution in [0.3, 0.4) is 0 Å². The maximum Gasteiger partial charge on any atom is 0.0903 e. The van der Waals surface area contributed by atoms with Crippen molar-refractivity contribution in [2.75, 3.05) is 6.26 Å². The fourth-order valence-electron chi connectivity index (χ4n) is 2.66. The molecule has 0 N–H and O–H groups in total. The molecule has 1 heteroatoms. The molecular weight excluding hydrogens is 272 g/mol. The first-order valence-corrected chi connectivity index (χ1v) is 8.14. The molecule has 0 aliphatic heterocycles. The molecule has 106 valence electrons. The van der Waals surface area contributed by atoms with Gasteiger partial charge in [0.1, 0.15) is 0 Å². The van der Waals surface area contributed by atoms with E-state index in [1.165, 1.54) is 11.1 Å². The first kappa shape index (κ1) is 15.4. The molecule has 0 atom stereocenters. The standard InChI is InChI=1S/C20H20S/c1-4-12-17(5-2)20(21-3,18-13-8-6-9-14-18)19-15-10-7-11-16-19/h4-16H,1-2H2,3H3/b17-12+. The van der Waals surface area contributed by atoms with Crippen molar-refractivity contribution < 1.29 is 0 Å². The predicted molar refractivity (Wildman–Crippen MR) is 95.7 cm³/mol. The van der Waals surface area contributed by atoms with Crippen molar-refractivity contribution in [1.82, 2.24) is 0 Å². The van der Waals surface area contributed by atoms with Gasteiger partial charge in [0.2, 0.25) is 0 Å². The van der Waals surface area contributed by atoms with Gasteiger partial charge in [-0.2, -0.15) is 0 Å². The predicted octanol–water partition coefficient (Wildman–Crippen LogP) is 5.59. The molecule has 0 nitrogen and oxygen atoms in total. The van der Waals surface area contributed by atoms with E-state index in [4.69, 9.17) is 0 Å². The van der Waals surface area contributed by atoms with Gasteiger partial charge in [-0.05, 0) is 23.0 Å². The molecule has 2 aromatic carbocycles. The van der Waals surface area contributed by atoms with E-state index in [1.807, 2.05) is 42.1 Å². The van der Waals surface area contributed by atoms with Crippen LogP contribution in [0, 0.1) is 0 Å². The Balaban J connectivity index is 2.77. The van der Waals surface area contributed by atoms with Crippen molar-refractivity contribution in [1.29, 1.82) is 0 Å². The lowest BCUT2D eigenvalue weighted by Gasteiger charge is -2.35. The second-order valence-corrected chi connectivity index (χ2v) is 5.70. The van der Waals surface area contributed by atoms with Crippen molar-refractivity contribution in [2.24, 2.45) is 0 Å². The molecule has 21 heavy (non-hydrogen) atoms. The van der Waals surface area contributed by atoms with Crippen molar-refractivity contribution in [3.05, 3.63) is 109 Å². The highest BCUT2D eigenvalue weighted by Crippen LogP contribution is 2.47. The highest BCUT2D eigenvalue weighted by Gasteiger charge is 2.35. The van der Waals surface area contributed by atoms with Gasteiger partial charge in [0.05, 0.1) is 4.75 Å². The molecule has 0 spiro atoms. The molecule has 2 rings (SSSR count). The minimum atomic E-state index is -0.265. The first-order valence-electron chi connectivity index (χ1n) is 6.91. The number of benzene rings is 2. The summed E-state index contributed by atoms with van der Waals surface area (Å²) in [5.41, 5.74) is 3.64. The second-order valence-electron chi connectivity index (χ2n) is 4.68. The summed E-state index contributed by atoms with van der Waals surface area (Å²) >= 11 is 1.81. The number of rotatable bonds is 6. The van der Waals surface area contributed by atoms with Crippen molar-refractivity contribution in [3.8, 4) is 0 Å². The molecular formula is C20H20S. The Morgan fingerprint density at radius 1 is 0.905 bits per heavy atom. The molecule has 0 aliphatic carbocycles. The zero-order valence-electron chi connectivity index (χ0n) is 12.3. The molecule has 0 fully saturated rings. The Bertz CT molecular complexity index is 584. The third-order valence-corrected chi connectivity index (χ3v) is 4.91. The van der Waals surface area contributed by atoms with E-state index < -0.39 is 0 Å². The Hall–Kier alpha value is -1.99. The Labute approximate surface area is 131 Å². The minimum absolute atomic E-state index is 0.265. The van der Waals surface area contributed by atoms with E-state index in [0.717, 1.165) is 5.57 Å². The van der Waals surface area contributed by atoms with Crippen LogP contribution in [0.5, 0.6) is 0 Å². The summed E-state index contributed by atoms with van der Waals surface area (Å²) in [5, 5.41) is 0. The molecule has 0 aromatic heterocycles. The molecule has 0 saturated heterocycles. The number of allylic oxidation sites excluding steroid dienone is 3. The maximum atomic E-state index is 4.02. The van der Waals surface area contributed by atoms with E-state index in [1.54, 1.807) is 0 Å². The number of hydrogen-bond donors (Lipinski definition) is 0. The van der Waals surface area contributed by atoms with Gasteiger partial charge in [-0.25, -0.2) is 0 Å². The summed E-state index contributed by atoms with van der Waals surface area (Å²) in [6.07, 6.45) is 7.94. The molecule has 0 saturated carbocycles. The van der Waals surface area contributed by atoms with E-state index in [0.29, 0.717) is 0 Å². The lowest BCUT2D eigenvalue weighted by molar-refractivity contribution is 0.898. The van der Waals surface area contributed by atoms with Gasteiger partial charge in [-0.3, -0.25) is 0 Å². The second kappa shape index (κ2) is 7.14. The Morgan fingerprint density at radius 2 is 1.38 bits per heavy atom. The average Bonchev–Trinajstić information content (AvgIpc) is 2.57. The van der Waals surface area contributed by atoms with Gasteiger partial charge in [0.25, 0.3) is 0 Å². The van der Waals surface area contributed by atoms with Crippen molar-refractivity contribution in [3.63, 3.8) is 0 Å². The molecule has 0 unspecified atom stereocenters. The fourth-order valence-corrected chi connectivity index (χ4v) is 3.79. The van der Waals surface area contributed by atoms with Gasteiger partial charge >= 0.3 is 0 Å². The van der Waals surface area contributed by atoms with Crippen LogP contribution in [0.1, 0.15) is 11.1 Å². The third-order valence-electron chi connectivity index (χ3n) is 3.59. The first-order chi connectivity index (χ1) is 10.3. The highest BCUT2D eigenvalue weighted by molar-refractivity contribution is 8.00. The number of thioether (sulfide) groups is 1. The Morgan fingerprint density at radius 3 is 1.71 bits per heavy atom. The third kappa shape index (κ3) is 2.88. The summed E-state index contributed by atoms with van der Waals surface area (Å²) < 4.78 is -0.265. The lowest BCUT2D eigenvalue weighted by Crippen LogP contribution is -2.25. The van der Waals surface area contributed by atoms with E-state index >= 15 is 0 Å². The van der Waals surface area contributed by atoms with Crippen molar-refractivity contribution in [2.45, 2.75) is 4.75 Å². The van der Waals surface area contributed by atoms with Gasteiger partial charge in [0, 0.05) is 0 Å². The minimum Gasteiger partial charge on any atom is -0.144 e. The van der Waals surface area contributed by atoms with Gasteiger partial charge in [-0.1, -0.05) is 92.0 Å². The maximum absolute atomic E-state index is 4.02. The zero-order chi connectivity index (χ0) is 15.1. The average molecular weight is 292 g/mol. The number of hydrogen-bond acceptors (Lipinski definition) is 1. The van der Waals surface area contributed by atoms with Crippen LogP contribution >= 0.6 is 11.8 Å². The highest BCUT2D eigenvalue weighted by atomic mass is 32.2. The van der Waals surface area contributed by atoms with Gasteiger partial charge < -0.3 is 0 Å². The quantitative estimate of drug-likeness (QED) is 0.625. The van der Waals surface area contributed by atoms with Crippen LogP contribution in [0.4, 0.5) is 0 Å². The van der Waals surface area contributed by atoms with Crippen molar-refractivity contribution >= 4 is 11.8 Å². The van der Waals surface area contributed by atoms with Gasteiger partial charge in [0.15, 0.2) is 0 Å². The monoisotopic (exact) mass is 292 g/mol. The fraction of sp³-hybridized carbons (Fsp3) is 0.100. The van der Waals surface area contributed by atoms with Crippen LogP contribution in [0.15, 0.2) is 97.6 Å². The summed E-state index contributed by atoms with van der Waals surface area (Å²) in [7, 11) is 0. The Kier molecular flexibility index (Phi) is 5.24. The molecule has 2 aromatic rings. The van der Waals surface area contributed by atoms with Crippen LogP contribution in [-0.4, -0.2) is 6.26 Å². The van der Waals surface area contributed by atoms with Crippen LogP contribution < -0.4 is 0 Å². The summed E-state index contributed by atoms with van der Waals surface area (Å²) in [6, 6.07) is 21.1. The zero-order valence-corrected chi connectivity index (χ0v) is 13.1. The van der Waals surface area contributed by atoms with Crippen LogP contribution in [0.2, 0.25) is 0 Å². The molecule has 0 radical (unpaired) electrons. The topological polar surface area (TPSA) is 0 Å². The van der Waals surface area contributed by atoms with E-state index in [9.17, 15) is 0 Å². The SMILES string of the molecule is C=C/C=C(\C=C)C(SC)(c1ccccc1)c1ccccc1. The lowest BCUT2D eigenvalue weighted by atomic mass is 9.83. The van der Waals surface area contributed by atoms with E-state index in [-0.39, 0.29) is 4.75 Å². The molecule has 0 heterocycles. The summed E-state index contributed by atoms with van der Waals surface area (Å²) in [6.45, 7) is 7.87. The van der Waals surface area contributed by atoms with Gasteiger partial charge in [-0.15, -0.1) is 11.8 Å².